The van der Waals surface area contributed by atoms with Crippen LogP contribution in [-0.4, -0.2) is 23.8 Å². The van der Waals surface area contributed by atoms with Gasteiger partial charge in [-0.2, -0.15) is 0 Å². The van der Waals surface area contributed by atoms with E-state index in [9.17, 15) is 14.0 Å². The first-order valence-corrected chi connectivity index (χ1v) is 11.2. The summed E-state index contributed by atoms with van der Waals surface area (Å²) in [4.78, 5) is 31.6. The summed E-state index contributed by atoms with van der Waals surface area (Å²) in [5.41, 5.74) is 1.95. The molecule has 3 aromatic rings. The highest BCUT2D eigenvalue weighted by Crippen LogP contribution is 2.31. The number of benzene rings is 2. The average Bonchev–Trinajstić information content (AvgIpc) is 3.08. The highest BCUT2D eigenvalue weighted by atomic mass is 32.1. The lowest BCUT2D eigenvalue weighted by atomic mass is 9.96. The maximum atomic E-state index is 13.5. The Bertz CT molecular complexity index is 1400. The predicted octanol–water partition coefficient (Wildman–Crippen LogP) is 3.33. The molecular weight excluding hydrogens is 443 g/mol. The van der Waals surface area contributed by atoms with Gasteiger partial charge in [0.2, 0.25) is 0 Å². The standard InChI is InChI=1S/C25H23FN2O4S/c1-14(2)32-24(30)21-15(3)27-25-28(22(21)17-7-11-19(31-4)12-8-17)23(29)20(33-25)13-16-5-9-18(26)10-6-16/h5-14,22H,1-4H3/b20-13+/t22-/m1/s1. The molecule has 6 nitrogen and oxygen atoms in total. The lowest BCUT2D eigenvalue weighted by Gasteiger charge is -2.25. The van der Waals surface area contributed by atoms with Gasteiger partial charge >= 0.3 is 5.97 Å². The van der Waals surface area contributed by atoms with Crippen molar-refractivity contribution >= 4 is 23.4 Å². The zero-order valence-electron chi connectivity index (χ0n) is 18.7. The highest BCUT2D eigenvalue weighted by molar-refractivity contribution is 7.07. The van der Waals surface area contributed by atoms with Crippen LogP contribution in [0.5, 0.6) is 5.75 Å². The third-order valence-corrected chi connectivity index (χ3v) is 6.17. The Morgan fingerprint density at radius 2 is 1.82 bits per heavy atom. The van der Waals surface area contributed by atoms with E-state index >= 15 is 0 Å². The van der Waals surface area contributed by atoms with E-state index in [0.717, 1.165) is 5.56 Å². The maximum Gasteiger partial charge on any atom is 0.338 e. The van der Waals surface area contributed by atoms with Crippen LogP contribution in [0.25, 0.3) is 6.08 Å². The van der Waals surface area contributed by atoms with Gasteiger partial charge in [0.05, 0.1) is 35.1 Å². The summed E-state index contributed by atoms with van der Waals surface area (Å²) in [5.74, 6) is -0.202. The first-order valence-electron chi connectivity index (χ1n) is 10.4. The van der Waals surface area contributed by atoms with Crippen molar-refractivity contribution in [1.82, 2.24) is 4.57 Å². The van der Waals surface area contributed by atoms with Gasteiger partial charge in [0, 0.05) is 0 Å². The molecule has 1 atom stereocenters. The number of fused-ring (bicyclic) bond motifs is 1. The fraction of sp³-hybridized carbons (Fsp3) is 0.240. The Balaban J connectivity index is 1.92. The van der Waals surface area contributed by atoms with Crippen molar-refractivity contribution < 1.29 is 18.7 Å². The van der Waals surface area contributed by atoms with E-state index in [1.165, 1.54) is 28.0 Å². The number of thiazole rings is 1. The molecule has 170 valence electrons. The second kappa shape index (κ2) is 9.15. The lowest BCUT2D eigenvalue weighted by molar-refractivity contribution is -0.143. The zero-order chi connectivity index (χ0) is 23.7. The normalized spacial score (nSPS) is 15.9. The molecule has 0 spiro atoms. The molecule has 0 aliphatic carbocycles. The number of rotatable bonds is 5. The SMILES string of the molecule is COc1ccc([C@@H]2C(C(=O)OC(C)C)=C(C)N=c3s/c(=C/c4ccc(F)cc4)c(=O)n32)cc1. The van der Waals surface area contributed by atoms with E-state index in [0.29, 0.717) is 31.9 Å². The smallest absolute Gasteiger partial charge is 0.338 e. The molecule has 1 aliphatic heterocycles. The number of carbonyl (C=O) groups excluding carboxylic acids is 1. The molecule has 0 bridgehead atoms. The van der Waals surface area contributed by atoms with Crippen LogP contribution in [0.1, 0.15) is 37.9 Å². The molecule has 4 rings (SSSR count). The fourth-order valence-electron chi connectivity index (χ4n) is 3.67. The molecule has 1 aromatic heterocycles. The monoisotopic (exact) mass is 466 g/mol. The van der Waals surface area contributed by atoms with E-state index in [1.807, 2.05) is 12.1 Å². The van der Waals surface area contributed by atoms with Gasteiger partial charge in [-0.05, 0) is 62.2 Å². The molecule has 0 fully saturated rings. The van der Waals surface area contributed by atoms with E-state index in [2.05, 4.69) is 4.99 Å². The van der Waals surface area contributed by atoms with Crippen molar-refractivity contribution in [3.05, 3.63) is 96.4 Å². The summed E-state index contributed by atoms with van der Waals surface area (Å²) in [6.45, 7) is 5.28. The lowest BCUT2D eigenvalue weighted by Crippen LogP contribution is -2.40. The summed E-state index contributed by atoms with van der Waals surface area (Å²) >= 11 is 1.22. The third kappa shape index (κ3) is 4.52. The number of halogens is 1. The maximum absolute atomic E-state index is 13.5. The van der Waals surface area contributed by atoms with Crippen LogP contribution in [0.4, 0.5) is 4.39 Å². The van der Waals surface area contributed by atoms with Crippen molar-refractivity contribution in [3.8, 4) is 5.75 Å². The van der Waals surface area contributed by atoms with E-state index in [-0.39, 0.29) is 17.5 Å². The zero-order valence-corrected chi connectivity index (χ0v) is 19.5. The van der Waals surface area contributed by atoms with Crippen LogP contribution in [0, 0.1) is 5.82 Å². The first kappa shape index (κ1) is 22.7. The number of esters is 1. The van der Waals surface area contributed by atoms with Crippen LogP contribution in [0.3, 0.4) is 0 Å². The van der Waals surface area contributed by atoms with Gasteiger partial charge < -0.3 is 9.47 Å². The number of aromatic nitrogens is 1. The Morgan fingerprint density at radius 3 is 2.42 bits per heavy atom. The molecule has 1 aliphatic rings. The second-order valence-electron chi connectivity index (χ2n) is 7.86. The second-order valence-corrected chi connectivity index (χ2v) is 8.87. The summed E-state index contributed by atoms with van der Waals surface area (Å²) in [6.07, 6.45) is 1.37. The van der Waals surface area contributed by atoms with Crippen molar-refractivity contribution in [1.29, 1.82) is 0 Å². The summed E-state index contributed by atoms with van der Waals surface area (Å²) in [7, 11) is 1.57. The third-order valence-electron chi connectivity index (χ3n) is 5.18. The molecule has 0 amide bonds. The van der Waals surface area contributed by atoms with Gasteiger partial charge in [0.1, 0.15) is 11.6 Å². The predicted molar refractivity (Wildman–Crippen MR) is 124 cm³/mol. The molecule has 2 heterocycles. The van der Waals surface area contributed by atoms with Crippen molar-refractivity contribution in [3.63, 3.8) is 0 Å². The minimum Gasteiger partial charge on any atom is -0.497 e. The molecule has 0 saturated carbocycles. The van der Waals surface area contributed by atoms with Gasteiger partial charge in [0.15, 0.2) is 4.80 Å². The van der Waals surface area contributed by atoms with Crippen LogP contribution in [-0.2, 0) is 9.53 Å². The van der Waals surface area contributed by atoms with Gasteiger partial charge in [0.25, 0.3) is 5.56 Å². The Labute approximate surface area is 193 Å². The van der Waals surface area contributed by atoms with Crippen LogP contribution < -0.4 is 19.6 Å². The van der Waals surface area contributed by atoms with Crippen molar-refractivity contribution in [2.24, 2.45) is 4.99 Å². The molecular formula is C25H23FN2O4S. The molecule has 8 heteroatoms. The Kier molecular flexibility index (Phi) is 6.29. The van der Waals surface area contributed by atoms with Gasteiger partial charge in [-0.15, -0.1) is 0 Å². The number of hydrogen-bond acceptors (Lipinski definition) is 6. The molecule has 0 unspecified atom stereocenters. The molecule has 0 saturated heterocycles. The molecule has 0 radical (unpaired) electrons. The van der Waals surface area contributed by atoms with E-state index < -0.39 is 12.0 Å². The molecule has 0 N–H and O–H groups in total. The largest absolute Gasteiger partial charge is 0.497 e. The summed E-state index contributed by atoms with van der Waals surface area (Å²) in [5, 5.41) is 0. The van der Waals surface area contributed by atoms with Crippen LogP contribution >= 0.6 is 11.3 Å². The molecule has 2 aromatic carbocycles. The van der Waals surface area contributed by atoms with Crippen molar-refractivity contribution in [2.45, 2.75) is 32.9 Å². The fourth-order valence-corrected chi connectivity index (χ4v) is 4.72. The summed E-state index contributed by atoms with van der Waals surface area (Å²) in [6, 6.07) is 12.4. The first-order chi connectivity index (χ1) is 15.8. The quantitative estimate of drug-likeness (QED) is 0.541. The van der Waals surface area contributed by atoms with Crippen LogP contribution in [0.2, 0.25) is 0 Å². The van der Waals surface area contributed by atoms with E-state index in [4.69, 9.17) is 9.47 Å². The number of nitrogens with zero attached hydrogens (tertiary/aromatic N) is 2. The number of methoxy groups -OCH3 is 1. The topological polar surface area (TPSA) is 69.9 Å². The van der Waals surface area contributed by atoms with Gasteiger partial charge in [-0.25, -0.2) is 14.2 Å². The molecule has 33 heavy (non-hydrogen) atoms. The Hall–Kier alpha value is -3.52. The number of ether oxygens (including phenoxy) is 2. The number of allylic oxidation sites excluding steroid dienone is 1. The highest BCUT2D eigenvalue weighted by Gasteiger charge is 2.33. The van der Waals surface area contributed by atoms with E-state index in [1.54, 1.807) is 58.2 Å². The minimum atomic E-state index is -0.700. The average molecular weight is 467 g/mol. The number of carbonyl (C=O) groups is 1. The van der Waals surface area contributed by atoms with Crippen LogP contribution in [0.15, 0.2) is 69.6 Å². The van der Waals surface area contributed by atoms with Crippen molar-refractivity contribution in [2.75, 3.05) is 7.11 Å². The van der Waals surface area contributed by atoms with Gasteiger partial charge in [-0.3, -0.25) is 9.36 Å². The van der Waals surface area contributed by atoms with Gasteiger partial charge in [-0.1, -0.05) is 35.6 Å². The summed E-state index contributed by atoms with van der Waals surface area (Å²) < 4.78 is 26.0. The minimum absolute atomic E-state index is 0.286. The number of hydrogen-bond donors (Lipinski definition) is 0. The Morgan fingerprint density at radius 1 is 1.15 bits per heavy atom.